The highest BCUT2D eigenvalue weighted by atomic mass is 79.9. The van der Waals surface area contributed by atoms with Crippen molar-refractivity contribution in [3.05, 3.63) is 195 Å². The van der Waals surface area contributed by atoms with Crippen LogP contribution in [0.25, 0.3) is 9.69 Å². The van der Waals surface area contributed by atoms with Crippen LogP contribution in [-0.2, 0) is 6.42 Å². The molecule has 1 atom stereocenters. The first-order chi connectivity index (χ1) is 28.3. The summed E-state index contributed by atoms with van der Waals surface area (Å²) in [6, 6.07) is 24.2. The van der Waals surface area contributed by atoms with Crippen molar-refractivity contribution in [1.29, 1.82) is 0 Å². The molecule has 0 amide bonds. The van der Waals surface area contributed by atoms with Gasteiger partial charge in [0.25, 0.3) is 5.69 Å². The molecule has 0 N–H and O–H groups in total. The zero-order valence-corrected chi connectivity index (χ0v) is 35.5. The fraction of sp³-hybridized carbons (Fsp3) is 0.100. The molecule has 4 aromatic carbocycles. The van der Waals surface area contributed by atoms with Gasteiger partial charge in [0.05, 0.1) is 46.7 Å². The Balaban J connectivity index is 0.000000219. The summed E-state index contributed by atoms with van der Waals surface area (Å²) in [6.07, 6.45) is 7.13. The van der Waals surface area contributed by atoms with Crippen LogP contribution in [0.15, 0.2) is 129 Å². The highest BCUT2D eigenvalue weighted by Gasteiger charge is 2.32. The quantitative estimate of drug-likeness (QED) is 0.0300. The summed E-state index contributed by atoms with van der Waals surface area (Å²) in [5, 5.41) is 22.8. The molecule has 0 fully saturated rings. The fourth-order valence-electron chi connectivity index (χ4n) is 5.03. The number of hydrogen-bond acceptors (Lipinski definition) is 12. The average Bonchev–Trinajstić information content (AvgIpc) is 3.24. The van der Waals surface area contributed by atoms with E-state index < -0.39 is 27.3 Å². The van der Waals surface area contributed by atoms with Gasteiger partial charge in [0, 0.05) is 50.2 Å². The Hall–Kier alpha value is -6.25. The molecule has 0 saturated heterocycles. The molecule has 0 saturated carbocycles. The van der Waals surface area contributed by atoms with E-state index in [0.717, 1.165) is 12.1 Å². The van der Waals surface area contributed by atoms with E-state index in [4.69, 9.17) is 13.1 Å². The van der Waals surface area contributed by atoms with Crippen LogP contribution in [0.4, 0.5) is 27.1 Å². The molecule has 2 aromatic heterocycles. The number of nitro groups is 2. The summed E-state index contributed by atoms with van der Waals surface area (Å²) in [4.78, 5) is 69.5. The van der Waals surface area contributed by atoms with Gasteiger partial charge in [0.15, 0.2) is 33.3 Å². The molecule has 6 rings (SSSR count). The predicted octanol–water partition coefficient (Wildman–Crippen LogP) is 11.1. The zero-order valence-electron chi connectivity index (χ0n) is 30.7. The maximum atomic E-state index is 13.4. The number of nitro benzene ring substituents is 2. The molecule has 0 aliphatic carbocycles. The van der Waals surface area contributed by atoms with Crippen LogP contribution >= 0.6 is 55.4 Å². The third-order valence-electron chi connectivity index (χ3n) is 7.81. The number of benzene rings is 4. The molecule has 0 aliphatic heterocycles. The largest absolute Gasteiger partial charge is 0.304 e. The average molecular weight is 959 g/mol. The molecule has 2 heterocycles. The number of halogens is 3. The molecule has 19 heteroatoms. The second-order valence-corrected chi connectivity index (χ2v) is 14.9. The van der Waals surface area contributed by atoms with Crippen molar-refractivity contribution in [3.8, 4) is 0 Å². The number of carbonyl (C=O) groups is 2. The Morgan fingerprint density at radius 3 is 1.76 bits per heavy atom. The minimum Gasteiger partial charge on any atom is -0.294 e. The number of aromatic nitrogens is 4. The first-order valence-electron chi connectivity index (χ1n) is 16.6. The van der Waals surface area contributed by atoms with Gasteiger partial charge < -0.3 is 0 Å². The molecule has 0 bridgehead atoms. The van der Waals surface area contributed by atoms with Gasteiger partial charge in [0.1, 0.15) is 0 Å². The molecule has 0 radical (unpaired) electrons. The highest BCUT2D eigenvalue weighted by Crippen LogP contribution is 2.36. The summed E-state index contributed by atoms with van der Waals surface area (Å²) in [7, 11) is 0. The molecule has 14 nitrogen and oxygen atoms in total. The molecular formula is C40H27Br2FN8O6S2. The van der Waals surface area contributed by atoms with Crippen LogP contribution in [0.1, 0.15) is 43.6 Å². The van der Waals surface area contributed by atoms with E-state index in [1.807, 2.05) is 6.26 Å². The molecular weight excluding hydrogens is 931 g/mol. The molecule has 0 spiro atoms. The van der Waals surface area contributed by atoms with E-state index in [9.17, 15) is 34.2 Å². The van der Waals surface area contributed by atoms with Crippen molar-refractivity contribution in [2.24, 2.45) is 0 Å². The lowest BCUT2D eigenvalue weighted by Gasteiger charge is -2.17. The van der Waals surface area contributed by atoms with E-state index in [0.29, 0.717) is 53.1 Å². The van der Waals surface area contributed by atoms with Crippen molar-refractivity contribution < 1.29 is 23.8 Å². The summed E-state index contributed by atoms with van der Waals surface area (Å²) in [6.45, 7) is 13.9. The first kappa shape index (κ1) is 45.5. The van der Waals surface area contributed by atoms with Crippen LogP contribution in [0.3, 0.4) is 0 Å². The topological polar surface area (TPSA) is 181 Å². The van der Waals surface area contributed by atoms with Crippen molar-refractivity contribution in [1.82, 2.24) is 19.9 Å². The zero-order chi connectivity index (χ0) is 43.1. The summed E-state index contributed by atoms with van der Waals surface area (Å²) in [5.74, 6) is -2.19. The second-order valence-electron chi connectivity index (χ2n) is 11.5. The molecule has 6 aromatic rings. The summed E-state index contributed by atoms with van der Waals surface area (Å²) >= 11 is 9.07. The lowest BCUT2D eigenvalue weighted by molar-refractivity contribution is -0.387. The Morgan fingerprint density at radius 2 is 1.24 bits per heavy atom. The predicted molar refractivity (Wildman–Crippen MR) is 229 cm³/mol. The van der Waals surface area contributed by atoms with Gasteiger partial charge in [0.2, 0.25) is 5.82 Å². The minimum atomic E-state index is -0.999. The third-order valence-corrected chi connectivity index (χ3v) is 9.92. The standard InChI is InChI=1S/C20H13BrN4O3S.C14H11N3OS.C6H3BrFNO2/c1-22-14-6-3-12(4-7-14)19(26)18(16-9-10-23-20(24-16)29-2)15-11-13(21)5-8-17(15)25(27)28;1-15-11-5-3-10(4-6-11)13(18)9-12-7-8-16-14(17-12)19-2;7-4-1-2-6(9(10)11)5(8)3-4/h3-11,18H,2H3;3-8H,9H2,2H3;1-3H. The third kappa shape index (κ3) is 12.9. The van der Waals surface area contributed by atoms with Crippen molar-refractivity contribution in [2.45, 2.75) is 22.7 Å². The second kappa shape index (κ2) is 22.0. The van der Waals surface area contributed by atoms with Crippen LogP contribution in [0, 0.1) is 39.2 Å². The van der Waals surface area contributed by atoms with Gasteiger partial charge in [-0.3, -0.25) is 29.8 Å². The van der Waals surface area contributed by atoms with Gasteiger partial charge in [-0.15, -0.1) is 0 Å². The van der Waals surface area contributed by atoms with Crippen molar-refractivity contribution >= 4 is 89.7 Å². The highest BCUT2D eigenvalue weighted by molar-refractivity contribution is 9.10. The Morgan fingerprint density at radius 1 is 0.729 bits per heavy atom. The number of hydrogen-bond donors (Lipinski definition) is 0. The summed E-state index contributed by atoms with van der Waals surface area (Å²) < 4.78 is 13.7. The molecule has 0 aliphatic rings. The van der Waals surface area contributed by atoms with Crippen molar-refractivity contribution in [3.63, 3.8) is 0 Å². The van der Waals surface area contributed by atoms with E-state index in [2.05, 4.69) is 61.5 Å². The molecule has 296 valence electrons. The van der Waals surface area contributed by atoms with E-state index >= 15 is 0 Å². The lowest BCUT2D eigenvalue weighted by atomic mass is 9.86. The fourth-order valence-corrected chi connectivity index (χ4v) is 6.48. The maximum absolute atomic E-state index is 13.4. The number of ketones is 2. The van der Waals surface area contributed by atoms with Gasteiger partial charge in [-0.1, -0.05) is 104 Å². The van der Waals surface area contributed by atoms with E-state index in [-0.39, 0.29) is 29.2 Å². The number of Topliss-reactive ketones (excluding diaryl/α,β-unsaturated/α-hetero) is 2. The van der Waals surface area contributed by atoms with Gasteiger partial charge in [-0.2, -0.15) is 4.39 Å². The van der Waals surface area contributed by atoms with Gasteiger partial charge in [-0.25, -0.2) is 29.6 Å². The SMILES string of the molecule is O=[N+]([O-])c1ccc(Br)cc1F.[C-]#[N+]c1ccc(C(=O)C(c2ccnc(SC)n2)c2cc(Br)ccc2[N+](=O)[O-])cc1.[C-]#[N+]c1ccc(C(=O)Cc2ccnc(SC)n2)cc1. The van der Waals surface area contributed by atoms with E-state index in [1.165, 1.54) is 41.9 Å². The molecule has 59 heavy (non-hydrogen) atoms. The normalized spacial score (nSPS) is 10.6. The number of thioether (sulfide) groups is 2. The van der Waals surface area contributed by atoms with Crippen LogP contribution in [0.2, 0.25) is 0 Å². The van der Waals surface area contributed by atoms with Crippen molar-refractivity contribution in [2.75, 3.05) is 12.5 Å². The van der Waals surface area contributed by atoms with Gasteiger partial charge >= 0.3 is 5.69 Å². The number of rotatable bonds is 11. The maximum Gasteiger partial charge on any atom is 0.304 e. The Bertz CT molecular complexity index is 2590. The minimum absolute atomic E-state index is 0.0118. The van der Waals surface area contributed by atoms with Gasteiger partial charge in [-0.05, 0) is 48.9 Å². The number of nitrogens with zero attached hydrogens (tertiary/aromatic N) is 8. The van der Waals surface area contributed by atoms with Crippen LogP contribution < -0.4 is 0 Å². The lowest BCUT2D eigenvalue weighted by Crippen LogP contribution is -2.18. The Kier molecular flexibility index (Phi) is 17.0. The molecule has 1 unspecified atom stereocenters. The monoisotopic (exact) mass is 956 g/mol. The summed E-state index contributed by atoms with van der Waals surface area (Å²) in [5.41, 5.74) is 2.49. The first-order valence-corrected chi connectivity index (χ1v) is 20.6. The number of carbonyl (C=O) groups excluding carboxylic acids is 2. The van der Waals surface area contributed by atoms with E-state index in [1.54, 1.807) is 85.2 Å². The van der Waals surface area contributed by atoms with Crippen LogP contribution in [-0.4, -0.2) is 53.9 Å². The van der Waals surface area contributed by atoms with Crippen LogP contribution in [0.5, 0.6) is 0 Å². The smallest absolute Gasteiger partial charge is 0.294 e. The Labute approximate surface area is 362 Å².